The molecular weight excluding hydrogens is 984 g/mol. The highest BCUT2D eigenvalue weighted by atomic mass is 31.2. The monoisotopic (exact) mass is 1110 g/mol. The number of phosphoric acid groups is 1. The number of carbonyl (C=O) groups excluding carboxylic acids is 1. The minimum Gasteiger partial charge on any atom is -0.391 e. The molecule has 0 saturated carbocycles. The van der Waals surface area contributed by atoms with Crippen LogP contribution in [0.3, 0.4) is 0 Å². The van der Waals surface area contributed by atoms with Crippen LogP contribution in [0.15, 0.2) is 109 Å². The van der Waals surface area contributed by atoms with E-state index in [-0.39, 0.29) is 19.1 Å². The molecule has 0 radical (unpaired) electrons. The smallest absolute Gasteiger partial charge is 0.391 e. The fourth-order valence-corrected chi connectivity index (χ4v) is 9.78. The Balaban J connectivity index is 4.23. The lowest BCUT2D eigenvalue weighted by Crippen LogP contribution is -2.46. The number of quaternary nitrogens is 1. The molecule has 0 aliphatic carbocycles. The van der Waals surface area contributed by atoms with E-state index in [1.807, 2.05) is 21.1 Å². The van der Waals surface area contributed by atoms with Gasteiger partial charge in [-0.3, -0.25) is 13.8 Å². The van der Waals surface area contributed by atoms with E-state index in [2.05, 4.69) is 129 Å². The van der Waals surface area contributed by atoms with E-state index in [4.69, 9.17) is 9.05 Å². The third-order valence-electron chi connectivity index (χ3n) is 14.0. The Morgan fingerprint density at radius 1 is 0.449 bits per heavy atom. The van der Waals surface area contributed by atoms with Gasteiger partial charge in [0.1, 0.15) is 13.2 Å². The Kier molecular flexibility index (Phi) is 56.7. The van der Waals surface area contributed by atoms with Crippen molar-refractivity contribution in [1.29, 1.82) is 0 Å². The topological polar surface area (TPSA) is 105 Å². The first-order chi connectivity index (χ1) is 38.0. The number of aliphatic hydroxyl groups excluding tert-OH is 1. The van der Waals surface area contributed by atoms with Crippen LogP contribution in [0.4, 0.5) is 0 Å². The maximum absolute atomic E-state index is 13.0. The number of amides is 1. The second kappa shape index (κ2) is 58.8. The zero-order chi connectivity index (χ0) is 57.0. The lowest BCUT2D eigenvalue weighted by Gasteiger charge is -2.26. The van der Waals surface area contributed by atoms with E-state index in [9.17, 15) is 19.4 Å². The van der Waals surface area contributed by atoms with Gasteiger partial charge in [-0.15, -0.1) is 0 Å². The summed E-state index contributed by atoms with van der Waals surface area (Å²) in [5.41, 5.74) is 0. The number of phosphoric ester groups is 1. The summed E-state index contributed by atoms with van der Waals surface area (Å²) in [5, 5.41) is 14.1. The number of hydrogen-bond acceptors (Lipinski definition) is 5. The molecule has 0 fully saturated rings. The van der Waals surface area contributed by atoms with Gasteiger partial charge in [0.2, 0.25) is 5.91 Å². The highest BCUT2D eigenvalue weighted by Gasteiger charge is 2.28. The van der Waals surface area contributed by atoms with Crippen molar-refractivity contribution in [2.24, 2.45) is 0 Å². The van der Waals surface area contributed by atoms with E-state index < -0.39 is 20.0 Å². The summed E-state index contributed by atoms with van der Waals surface area (Å²) >= 11 is 0. The Morgan fingerprint density at radius 3 is 1.12 bits per heavy atom. The summed E-state index contributed by atoms with van der Waals surface area (Å²) in [6.07, 6.45) is 85.9. The van der Waals surface area contributed by atoms with Crippen molar-refractivity contribution in [3.8, 4) is 0 Å². The molecule has 3 atom stereocenters. The molecule has 9 heteroatoms. The molecule has 0 spiro atoms. The largest absolute Gasteiger partial charge is 0.472 e. The molecule has 0 aromatic heterocycles. The van der Waals surface area contributed by atoms with Crippen molar-refractivity contribution in [3.05, 3.63) is 109 Å². The second-order valence-electron chi connectivity index (χ2n) is 22.8. The Morgan fingerprint density at radius 2 is 0.769 bits per heavy atom. The van der Waals surface area contributed by atoms with Crippen LogP contribution < -0.4 is 5.32 Å². The van der Waals surface area contributed by atoms with Gasteiger partial charge in [0, 0.05) is 6.42 Å². The lowest BCUT2D eigenvalue weighted by molar-refractivity contribution is -0.870. The van der Waals surface area contributed by atoms with Crippen molar-refractivity contribution in [2.45, 2.75) is 283 Å². The molecule has 0 aromatic carbocycles. The normalized spacial score (nSPS) is 14.5. The van der Waals surface area contributed by atoms with E-state index in [1.54, 1.807) is 0 Å². The first kappa shape index (κ1) is 75.2. The first-order valence-corrected chi connectivity index (χ1v) is 33.7. The fourth-order valence-electron chi connectivity index (χ4n) is 9.04. The SMILES string of the molecule is CC/C=C\C/C=C\C/C=C\C/C=C\C/C=C\C/C=C\C/C=C\C/C=C\C/C=C\CCCCCC(=O)NC(COP(=O)(O)OCC[N+](C)(C)C)C(O)CCCCCCCCCCCCCCCCCCCCCCCCCCC. The predicted octanol–water partition coefficient (Wildman–Crippen LogP) is 20.3. The predicted molar refractivity (Wildman–Crippen MR) is 341 cm³/mol. The van der Waals surface area contributed by atoms with Gasteiger partial charge in [0.15, 0.2) is 0 Å². The standard InChI is InChI=1S/C69H123N2O6P/c1-6-8-10-12-14-16-18-20-22-24-26-28-30-32-33-34-35-36-37-39-41-43-45-47-49-51-53-55-57-59-61-63-69(73)70-67(66-77-78(74,75)76-65-64-71(3,4)5)68(72)62-60-58-56-54-52-50-48-46-44-42-40-38-31-29-27-25-23-21-19-17-15-13-11-9-7-2/h8,10,14,16,20,22,26,28,32-33,35-36,39,41,45,47,51,53,67-68,72H,6-7,9,11-13,15,17-19,21,23-25,27,29-31,34,37-38,40,42-44,46,48-50,52,54-66H2,1-5H3,(H-,70,73,74,75)/p+1/b10-8-,16-14-,22-20-,28-26-,33-32-,36-35-,41-39-,47-45-,53-51-. The molecule has 0 bridgehead atoms. The average Bonchev–Trinajstić information content (AvgIpc) is 3.41. The minimum atomic E-state index is -4.35. The third kappa shape index (κ3) is 60.8. The molecule has 0 rings (SSSR count). The van der Waals surface area contributed by atoms with Crippen molar-refractivity contribution in [3.63, 3.8) is 0 Å². The van der Waals surface area contributed by atoms with Crippen molar-refractivity contribution >= 4 is 13.7 Å². The Labute approximate surface area is 482 Å². The summed E-state index contributed by atoms with van der Waals surface area (Å²) in [7, 11) is 1.58. The molecule has 1 amide bonds. The van der Waals surface area contributed by atoms with E-state index >= 15 is 0 Å². The van der Waals surface area contributed by atoms with Gasteiger partial charge in [-0.05, 0) is 83.5 Å². The van der Waals surface area contributed by atoms with Crippen LogP contribution in [-0.2, 0) is 18.4 Å². The molecule has 0 heterocycles. The van der Waals surface area contributed by atoms with Gasteiger partial charge in [0.05, 0.1) is 39.9 Å². The van der Waals surface area contributed by atoms with Crippen LogP contribution in [-0.4, -0.2) is 73.4 Å². The van der Waals surface area contributed by atoms with E-state index in [0.717, 1.165) is 103 Å². The van der Waals surface area contributed by atoms with Crippen molar-refractivity contribution < 1.29 is 32.9 Å². The third-order valence-corrected chi connectivity index (χ3v) is 15.0. The van der Waals surface area contributed by atoms with Crippen LogP contribution in [0.25, 0.3) is 0 Å². The quantitative estimate of drug-likeness (QED) is 0.0243. The van der Waals surface area contributed by atoms with Crippen LogP contribution in [0.5, 0.6) is 0 Å². The number of aliphatic hydroxyl groups is 1. The maximum Gasteiger partial charge on any atom is 0.472 e. The zero-order valence-electron chi connectivity index (χ0n) is 51.4. The number of likely N-dealkylation sites (N-methyl/N-ethyl adjacent to an activating group) is 1. The summed E-state index contributed by atoms with van der Waals surface area (Å²) in [4.78, 5) is 23.4. The molecule has 0 saturated heterocycles. The highest BCUT2D eigenvalue weighted by Crippen LogP contribution is 2.43. The second-order valence-corrected chi connectivity index (χ2v) is 24.2. The van der Waals surface area contributed by atoms with Gasteiger partial charge in [-0.2, -0.15) is 0 Å². The Hall–Kier alpha value is -2.84. The first-order valence-electron chi connectivity index (χ1n) is 32.3. The molecule has 3 N–H and O–H groups in total. The number of nitrogens with one attached hydrogen (secondary N) is 1. The molecular formula is C69H124N2O6P+. The van der Waals surface area contributed by atoms with Crippen molar-refractivity contribution in [1.82, 2.24) is 5.32 Å². The van der Waals surface area contributed by atoms with Crippen LogP contribution in [0.2, 0.25) is 0 Å². The average molecular weight is 1110 g/mol. The van der Waals surface area contributed by atoms with Crippen LogP contribution in [0, 0.1) is 0 Å². The molecule has 0 aliphatic rings. The summed E-state index contributed by atoms with van der Waals surface area (Å²) in [6.45, 7) is 4.76. The minimum absolute atomic E-state index is 0.0622. The summed E-state index contributed by atoms with van der Waals surface area (Å²) in [5.74, 6) is -0.178. The van der Waals surface area contributed by atoms with E-state index in [1.165, 1.54) is 141 Å². The number of unbranched alkanes of at least 4 members (excludes halogenated alkanes) is 27. The van der Waals surface area contributed by atoms with Gasteiger partial charge >= 0.3 is 7.82 Å². The van der Waals surface area contributed by atoms with Gasteiger partial charge in [-0.25, -0.2) is 4.57 Å². The lowest BCUT2D eigenvalue weighted by atomic mass is 10.0. The molecule has 0 aliphatic heterocycles. The van der Waals surface area contributed by atoms with Crippen LogP contribution >= 0.6 is 7.82 Å². The van der Waals surface area contributed by atoms with Gasteiger partial charge in [0.25, 0.3) is 0 Å². The number of carbonyl (C=O) groups is 1. The summed E-state index contributed by atoms with van der Waals surface area (Å²) in [6, 6.07) is -0.789. The van der Waals surface area contributed by atoms with Crippen molar-refractivity contribution in [2.75, 3.05) is 40.9 Å². The number of rotatable bonds is 58. The molecule has 78 heavy (non-hydrogen) atoms. The molecule has 3 unspecified atom stereocenters. The molecule has 0 aromatic rings. The Bertz CT molecular complexity index is 1640. The maximum atomic E-state index is 13.0. The van der Waals surface area contributed by atoms with E-state index in [0.29, 0.717) is 23.9 Å². The molecule has 8 nitrogen and oxygen atoms in total. The fraction of sp³-hybridized carbons (Fsp3) is 0.725. The zero-order valence-corrected chi connectivity index (χ0v) is 52.3. The van der Waals surface area contributed by atoms with Gasteiger partial charge in [-0.1, -0.05) is 290 Å². The number of hydrogen-bond donors (Lipinski definition) is 3. The summed E-state index contributed by atoms with van der Waals surface area (Å²) < 4.78 is 23.8. The number of allylic oxidation sites excluding steroid dienone is 18. The number of nitrogens with zero attached hydrogens (tertiary/aromatic N) is 1. The highest BCUT2D eigenvalue weighted by molar-refractivity contribution is 7.47. The van der Waals surface area contributed by atoms with Gasteiger partial charge < -0.3 is 19.8 Å². The van der Waals surface area contributed by atoms with Crippen LogP contribution in [0.1, 0.15) is 271 Å². The molecule has 450 valence electrons.